The Morgan fingerprint density at radius 3 is 2.60 bits per heavy atom. The van der Waals surface area contributed by atoms with Gasteiger partial charge in [-0.15, -0.1) is 0 Å². The van der Waals surface area contributed by atoms with E-state index in [9.17, 15) is 0 Å². The number of hydrogen-bond donors (Lipinski definition) is 1. The minimum atomic E-state index is 0.911. The maximum absolute atomic E-state index is 5.54. The molecule has 2 rings (SSSR count). The molecule has 58 valence electrons. The van der Waals surface area contributed by atoms with Crippen LogP contribution in [0, 0.1) is 17.8 Å². The largest absolute Gasteiger partial charge is 0.330 e. The van der Waals surface area contributed by atoms with Crippen molar-refractivity contribution >= 4 is 0 Å². The van der Waals surface area contributed by atoms with Crippen LogP contribution in [0.2, 0.25) is 0 Å². The molecule has 3 atom stereocenters. The highest BCUT2D eigenvalue weighted by molar-refractivity contribution is 4.89. The van der Waals surface area contributed by atoms with Gasteiger partial charge in [-0.2, -0.15) is 0 Å². The van der Waals surface area contributed by atoms with E-state index in [-0.39, 0.29) is 0 Å². The molecule has 0 aromatic carbocycles. The van der Waals surface area contributed by atoms with E-state index >= 15 is 0 Å². The van der Waals surface area contributed by atoms with E-state index in [1.807, 2.05) is 0 Å². The first-order valence-electron chi connectivity index (χ1n) is 4.60. The monoisotopic (exact) mass is 139 g/mol. The van der Waals surface area contributed by atoms with E-state index in [1.165, 1.54) is 32.1 Å². The van der Waals surface area contributed by atoms with Gasteiger partial charge in [-0.05, 0) is 50.0 Å². The lowest BCUT2D eigenvalue weighted by Gasteiger charge is -2.20. The van der Waals surface area contributed by atoms with Crippen LogP contribution in [0.3, 0.4) is 0 Å². The molecule has 10 heavy (non-hydrogen) atoms. The predicted octanol–water partition coefficient (Wildman–Crippen LogP) is 1.77. The summed E-state index contributed by atoms with van der Waals surface area (Å²) in [5.41, 5.74) is 5.54. The third-order valence-corrected chi connectivity index (χ3v) is 3.42. The Hall–Kier alpha value is -0.0400. The van der Waals surface area contributed by atoms with E-state index < -0.39 is 0 Å². The van der Waals surface area contributed by atoms with Gasteiger partial charge in [0, 0.05) is 0 Å². The summed E-state index contributed by atoms with van der Waals surface area (Å²) in [7, 11) is 0. The lowest BCUT2D eigenvalue weighted by molar-refractivity contribution is 0.318. The summed E-state index contributed by atoms with van der Waals surface area (Å²) in [6, 6.07) is 0. The van der Waals surface area contributed by atoms with Gasteiger partial charge in [0.15, 0.2) is 0 Å². The molecule has 0 heterocycles. The van der Waals surface area contributed by atoms with Crippen LogP contribution in [0.15, 0.2) is 0 Å². The summed E-state index contributed by atoms with van der Waals surface area (Å²) in [5, 5.41) is 0. The Kier molecular flexibility index (Phi) is 1.69. The fourth-order valence-electron chi connectivity index (χ4n) is 2.94. The summed E-state index contributed by atoms with van der Waals surface area (Å²) >= 11 is 0. The first kappa shape index (κ1) is 6.66. The molecular formula is C9H17N. The van der Waals surface area contributed by atoms with Crippen LogP contribution in [0.5, 0.6) is 0 Å². The van der Waals surface area contributed by atoms with Crippen LogP contribution in [-0.4, -0.2) is 6.54 Å². The average Bonchev–Trinajstić information content (AvgIpc) is 2.48. The molecule has 0 amide bonds. The van der Waals surface area contributed by atoms with Gasteiger partial charge in [0.1, 0.15) is 0 Å². The number of rotatable bonds is 2. The fraction of sp³-hybridized carbons (Fsp3) is 1.00. The van der Waals surface area contributed by atoms with Gasteiger partial charge in [-0.3, -0.25) is 0 Å². The van der Waals surface area contributed by atoms with Crippen LogP contribution in [0.1, 0.15) is 32.1 Å². The van der Waals surface area contributed by atoms with Gasteiger partial charge >= 0.3 is 0 Å². The second-order valence-corrected chi connectivity index (χ2v) is 4.01. The molecule has 0 radical (unpaired) electrons. The molecule has 0 aliphatic heterocycles. The predicted molar refractivity (Wildman–Crippen MR) is 42.6 cm³/mol. The molecule has 1 heteroatoms. The summed E-state index contributed by atoms with van der Waals surface area (Å²) in [4.78, 5) is 0. The number of fused-ring (bicyclic) bond motifs is 2. The molecule has 1 nitrogen and oxygen atoms in total. The minimum Gasteiger partial charge on any atom is -0.330 e. The summed E-state index contributed by atoms with van der Waals surface area (Å²) < 4.78 is 0. The Morgan fingerprint density at radius 2 is 2.10 bits per heavy atom. The normalized spacial score (nSPS) is 44.7. The number of nitrogens with two attached hydrogens (primary N) is 1. The lowest BCUT2D eigenvalue weighted by atomic mass is 9.86. The second-order valence-electron chi connectivity index (χ2n) is 4.01. The van der Waals surface area contributed by atoms with Crippen molar-refractivity contribution in [2.45, 2.75) is 32.1 Å². The van der Waals surface area contributed by atoms with Crippen LogP contribution in [0.25, 0.3) is 0 Å². The SMILES string of the molecule is NCC[C@H]1C[C@@H]2CC[C@@H]1C2. The van der Waals surface area contributed by atoms with Crippen molar-refractivity contribution in [1.82, 2.24) is 0 Å². The maximum Gasteiger partial charge on any atom is -0.00745 e. The molecule has 2 N–H and O–H groups in total. The van der Waals surface area contributed by atoms with Gasteiger partial charge in [-0.1, -0.05) is 6.42 Å². The Morgan fingerprint density at radius 1 is 1.20 bits per heavy atom. The van der Waals surface area contributed by atoms with Gasteiger partial charge in [0.2, 0.25) is 0 Å². The van der Waals surface area contributed by atoms with Crippen LogP contribution >= 0.6 is 0 Å². The van der Waals surface area contributed by atoms with Crippen molar-refractivity contribution in [2.24, 2.45) is 23.5 Å². The highest BCUT2D eigenvalue weighted by atomic mass is 14.5. The zero-order valence-electron chi connectivity index (χ0n) is 6.55. The van der Waals surface area contributed by atoms with Gasteiger partial charge in [0.25, 0.3) is 0 Å². The number of hydrogen-bond acceptors (Lipinski definition) is 1. The first-order valence-corrected chi connectivity index (χ1v) is 4.60. The lowest BCUT2D eigenvalue weighted by Crippen LogP contribution is -2.14. The Bertz CT molecular complexity index is 122. The summed E-state index contributed by atoms with van der Waals surface area (Å²) in [6.07, 6.45) is 7.36. The van der Waals surface area contributed by atoms with Gasteiger partial charge in [-0.25, -0.2) is 0 Å². The topological polar surface area (TPSA) is 26.0 Å². The molecular weight excluding hydrogens is 122 g/mol. The molecule has 2 aliphatic carbocycles. The van der Waals surface area contributed by atoms with E-state index in [2.05, 4.69) is 0 Å². The van der Waals surface area contributed by atoms with Crippen molar-refractivity contribution in [1.29, 1.82) is 0 Å². The third-order valence-electron chi connectivity index (χ3n) is 3.42. The van der Waals surface area contributed by atoms with E-state index in [4.69, 9.17) is 5.73 Å². The maximum atomic E-state index is 5.54. The van der Waals surface area contributed by atoms with Crippen LogP contribution in [-0.2, 0) is 0 Å². The standard InChI is InChI=1S/C9H17N/c10-4-3-9-6-7-1-2-8(9)5-7/h7-9H,1-6,10H2/t7-,8-,9+/m1/s1. The van der Waals surface area contributed by atoms with Gasteiger partial charge in [0.05, 0.1) is 0 Å². The van der Waals surface area contributed by atoms with Gasteiger partial charge < -0.3 is 5.73 Å². The van der Waals surface area contributed by atoms with Crippen molar-refractivity contribution in [3.8, 4) is 0 Å². The van der Waals surface area contributed by atoms with Crippen LogP contribution in [0.4, 0.5) is 0 Å². The van der Waals surface area contributed by atoms with Crippen LogP contribution < -0.4 is 5.73 Å². The van der Waals surface area contributed by atoms with E-state index in [0.717, 1.165) is 24.3 Å². The smallest absolute Gasteiger partial charge is 0.00745 e. The van der Waals surface area contributed by atoms with Crippen molar-refractivity contribution in [3.05, 3.63) is 0 Å². The fourth-order valence-corrected chi connectivity index (χ4v) is 2.94. The quantitative estimate of drug-likeness (QED) is 0.620. The molecule has 2 aliphatic rings. The first-order chi connectivity index (χ1) is 4.90. The van der Waals surface area contributed by atoms with E-state index in [0.29, 0.717) is 0 Å². The third kappa shape index (κ3) is 0.968. The molecule has 2 fully saturated rings. The highest BCUT2D eigenvalue weighted by Gasteiger charge is 2.38. The Labute approximate surface area is 63.0 Å². The van der Waals surface area contributed by atoms with Crippen molar-refractivity contribution in [3.63, 3.8) is 0 Å². The zero-order chi connectivity index (χ0) is 6.97. The molecule has 2 bridgehead atoms. The second kappa shape index (κ2) is 2.54. The molecule has 0 saturated heterocycles. The van der Waals surface area contributed by atoms with Crippen molar-refractivity contribution in [2.75, 3.05) is 6.54 Å². The Balaban J connectivity index is 1.90. The molecule has 0 aromatic heterocycles. The summed E-state index contributed by atoms with van der Waals surface area (Å²) in [5.74, 6) is 3.19. The average molecular weight is 139 g/mol. The van der Waals surface area contributed by atoms with E-state index in [1.54, 1.807) is 0 Å². The minimum absolute atomic E-state index is 0.911. The molecule has 0 aromatic rings. The molecule has 0 spiro atoms. The molecule has 0 unspecified atom stereocenters. The molecule has 2 saturated carbocycles. The van der Waals surface area contributed by atoms with Crippen molar-refractivity contribution < 1.29 is 0 Å². The summed E-state index contributed by atoms with van der Waals surface area (Å²) in [6.45, 7) is 0.911. The highest BCUT2D eigenvalue weighted by Crippen LogP contribution is 2.49. The zero-order valence-corrected chi connectivity index (χ0v) is 6.55.